The van der Waals surface area contributed by atoms with Crippen LogP contribution in [0.2, 0.25) is 0 Å². The van der Waals surface area contributed by atoms with Gasteiger partial charge in [0.05, 0.1) is 5.52 Å². The molecule has 12 heavy (non-hydrogen) atoms. The SMILES string of the molecule is CC.Pn1nnc2ccccc21. The van der Waals surface area contributed by atoms with Crippen molar-refractivity contribution < 1.29 is 0 Å². The van der Waals surface area contributed by atoms with E-state index in [2.05, 4.69) is 19.7 Å². The first kappa shape index (κ1) is 9.14. The van der Waals surface area contributed by atoms with E-state index in [0.717, 1.165) is 11.0 Å². The molecule has 0 spiro atoms. The molecule has 2 rings (SSSR count). The van der Waals surface area contributed by atoms with Crippen molar-refractivity contribution in [2.75, 3.05) is 0 Å². The summed E-state index contributed by atoms with van der Waals surface area (Å²) < 4.78 is 1.68. The van der Waals surface area contributed by atoms with Crippen LogP contribution in [0.15, 0.2) is 24.3 Å². The molecule has 0 N–H and O–H groups in total. The number of para-hydroxylation sites is 1. The van der Waals surface area contributed by atoms with E-state index in [1.54, 1.807) is 4.45 Å². The minimum Gasteiger partial charge on any atom is -0.231 e. The summed E-state index contributed by atoms with van der Waals surface area (Å²) in [6.07, 6.45) is 0. The molecule has 0 aliphatic rings. The molecular weight excluding hydrogens is 169 g/mol. The molecule has 1 aromatic carbocycles. The molecule has 64 valence electrons. The zero-order chi connectivity index (χ0) is 8.97. The summed E-state index contributed by atoms with van der Waals surface area (Å²) in [5, 5.41) is 7.74. The van der Waals surface area contributed by atoms with E-state index in [4.69, 9.17) is 0 Å². The van der Waals surface area contributed by atoms with Crippen LogP contribution >= 0.6 is 9.39 Å². The molecule has 0 saturated heterocycles. The average molecular weight is 181 g/mol. The fourth-order valence-corrected chi connectivity index (χ4v) is 1.16. The quantitative estimate of drug-likeness (QED) is 0.582. The van der Waals surface area contributed by atoms with E-state index in [9.17, 15) is 0 Å². The van der Waals surface area contributed by atoms with Crippen LogP contribution in [-0.2, 0) is 0 Å². The summed E-state index contributed by atoms with van der Waals surface area (Å²) in [5.74, 6) is 0. The van der Waals surface area contributed by atoms with Gasteiger partial charge in [-0.25, -0.2) is 4.45 Å². The van der Waals surface area contributed by atoms with E-state index in [0.29, 0.717) is 0 Å². The first-order valence-electron chi connectivity index (χ1n) is 3.93. The monoisotopic (exact) mass is 181 g/mol. The fourth-order valence-electron chi connectivity index (χ4n) is 0.887. The maximum absolute atomic E-state index is 3.91. The molecule has 1 unspecified atom stereocenters. The average Bonchev–Trinajstić information content (AvgIpc) is 2.53. The van der Waals surface area contributed by atoms with Gasteiger partial charge >= 0.3 is 0 Å². The smallest absolute Gasteiger partial charge is 0.113 e. The maximum atomic E-state index is 3.91. The fraction of sp³-hybridized carbons (Fsp3) is 0.250. The van der Waals surface area contributed by atoms with Crippen LogP contribution in [0.25, 0.3) is 11.0 Å². The van der Waals surface area contributed by atoms with Gasteiger partial charge < -0.3 is 0 Å². The van der Waals surface area contributed by atoms with Crippen molar-refractivity contribution in [3.8, 4) is 0 Å². The van der Waals surface area contributed by atoms with Gasteiger partial charge in [-0.05, 0) is 21.5 Å². The van der Waals surface area contributed by atoms with Crippen LogP contribution in [0.1, 0.15) is 13.8 Å². The van der Waals surface area contributed by atoms with Gasteiger partial charge in [-0.15, -0.1) is 5.10 Å². The lowest BCUT2D eigenvalue weighted by Gasteiger charge is -1.87. The highest BCUT2D eigenvalue weighted by molar-refractivity contribution is 7.14. The topological polar surface area (TPSA) is 30.7 Å². The number of rotatable bonds is 0. The van der Waals surface area contributed by atoms with Crippen molar-refractivity contribution in [1.82, 2.24) is 14.8 Å². The Morgan fingerprint density at radius 1 is 1.25 bits per heavy atom. The van der Waals surface area contributed by atoms with Crippen LogP contribution in [0, 0.1) is 0 Å². The zero-order valence-corrected chi connectivity index (χ0v) is 8.38. The third-order valence-corrected chi connectivity index (χ3v) is 1.76. The van der Waals surface area contributed by atoms with Gasteiger partial charge in [0.2, 0.25) is 0 Å². The van der Waals surface area contributed by atoms with Crippen LogP contribution in [0.4, 0.5) is 0 Å². The third kappa shape index (κ3) is 1.62. The highest BCUT2D eigenvalue weighted by Crippen LogP contribution is 2.10. The van der Waals surface area contributed by atoms with Gasteiger partial charge in [0.1, 0.15) is 5.52 Å². The predicted octanol–water partition coefficient (Wildman–Crippen LogP) is 2.10. The number of hydrogen-bond acceptors (Lipinski definition) is 2. The van der Waals surface area contributed by atoms with Crippen LogP contribution in [-0.4, -0.2) is 14.8 Å². The second kappa shape index (κ2) is 4.17. The summed E-state index contributed by atoms with van der Waals surface area (Å²) in [4.78, 5) is 0. The summed E-state index contributed by atoms with van der Waals surface area (Å²) in [6, 6.07) is 7.82. The van der Waals surface area contributed by atoms with Crippen molar-refractivity contribution in [3.05, 3.63) is 24.3 Å². The van der Waals surface area contributed by atoms with E-state index in [1.807, 2.05) is 38.1 Å². The van der Waals surface area contributed by atoms with Crippen molar-refractivity contribution >= 4 is 20.4 Å². The molecular formula is C8H12N3P. The Bertz CT molecular complexity index is 356. The Morgan fingerprint density at radius 2 is 1.92 bits per heavy atom. The molecule has 1 aromatic heterocycles. The van der Waals surface area contributed by atoms with Gasteiger partial charge in [0.15, 0.2) is 0 Å². The molecule has 0 bridgehead atoms. The Kier molecular flexibility index (Phi) is 3.18. The van der Waals surface area contributed by atoms with E-state index >= 15 is 0 Å². The standard InChI is InChI=1S/C6H6N3P.C2H6/c10-9-6-4-2-1-3-5(6)7-8-9;1-2/h1-4H,10H2;1-2H3. The summed E-state index contributed by atoms with van der Waals surface area (Å²) >= 11 is 0. The van der Waals surface area contributed by atoms with Crippen molar-refractivity contribution in [1.29, 1.82) is 0 Å². The number of fused-ring (bicyclic) bond motifs is 1. The summed E-state index contributed by atoms with van der Waals surface area (Å²) in [7, 11) is 2.47. The lowest BCUT2D eigenvalue weighted by molar-refractivity contribution is 0.911. The minimum absolute atomic E-state index is 0.928. The first-order chi connectivity index (χ1) is 5.88. The molecule has 0 aliphatic heterocycles. The molecule has 0 fully saturated rings. The number of aromatic nitrogens is 3. The Hall–Kier alpha value is -0.950. The van der Waals surface area contributed by atoms with E-state index in [-0.39, 0.29) is 0 Å². The molecule has 0 radical (unpaired) electrons. The Morgan fingerprint density at radius 3 is 2.58 bits per heavy atom. The second-order valence-corrected chi connectivity index (χ2v) is 2.51. The minimum atomic E-state index is 0.928. The van der Waals surface area contributed by atoms with Crippen molar-refractivity contribution in [2.45, 2.75) is 13.8 Å². The summed E-state index contributed by atoms with van der Waals surface area (Å²) in [6.45, 7) is 4.00. The van der Waals surface area contributed by atoms with Gasteiger partial charge in [-0.1, -0.05) is 31.2 Å². The predicted molar refractivity (Wildman–Crippen MR) is 54.0 cm³/mol. The van der Waals surface area contributed by atoms with Crippen LogP contribution < -0.4 is 0 Å². The van der Waals surface area contributed by atoms with Crippen molar-refractivity contribution in [3.63, 3.8) is 0 Å². The molecule has 1 heterocycles. The van der Waals surface area contributed by atoms with Gasteiger partial charge in [0, 0.05) is 0 Å². The number of nitrogens with zero attached hydrogens (tertiary/aromatic N) is 3. The summed E-state index contributed by atoms with van der Waals surface area (Å²) in [5.41, 5.74) is 1.96. The van der Waals surface area contributed by atoms with Gasteiger partial charge in [-0.3, -0.25) is 0 Å². The first-order valence-corrected chi connectivity index (χ1v) is 4.45. The van der Waals surface area contributed by atoms with E-state index < -0.39 is 0 Å². The lowest BCUT2D eigenvalue weighted by atomic mass is 10.3. The second-order valence-electron chi connectivity index (χ2n) is 2.02. The molecule has 3 nitrogen and oxygen atoms in total. The maximum Gasteiger partial charge on any atom is 0.113 e. The largest absolute Gasteiger partial charge is 0.231 e. The highest BCUT2D eigenvalue weighted by atomic mass is 31.0. The van der Waals surface area contributed by atoms with E-state index in [1.165, 1.54) is 0 Å². The van der Waals surface area contributed by atoms with Crippen molar-refractivity contribution in [2.24, 2.45) is 0 Å². The molecule has 2 aromatic rings. The number of benzene rings is 1. The molecule has 0 saturated carbocycles. The van der Waals surface area contributed by atoms with Gasteiger partial charge in [0.25, 0.3) is 0 Å². The molecule has 0 aliphatic carbocycles. The molecule has 4 heteroatoms. The Balaban J connectivity index is 0.000000336. The number of hydrogen-bond donors (Lipinski definition) is 0. The molecule has 1 atom stereocenters. The third-order valence-electron chi connectivity index (χ3n) is 1.38. The Labute approximate surface area is 74.0 Å². The zero-order valence-electron chi connectivity index (χ0n) is 7.23. The normalized spacial score (nSPS) is 9.25. The van der Waals surface area contributed by atoms with Gasteiger partial charge in [-0.2, -0.15) is 0 Å². The van der Waals surface area contributed by atoms with Crippen LogP contribution in [0.5, 0.6) is 0 Å². The molecule has 0 amide bonds. The van der Waals surface area contributed by atoms with Crippen LogP contribution in [0.3, 0.4) is 0 Å². The highest BCUT2D eigenvalue weighted by Gasteiger charge is 1.95. The lowest BCUT2D eigenvalue weighted by Crippen LogP contribution is -1.78.